The molecule has 1 aliphatic rings. The summed E-state index contributed by atoms with van der Waals surface area (Å²) >= 11 is 1.35. The lowest BCUT2D eigenvalue weighted by molar-refractivity contribution is -0.121. The molecule has 0 N–H and O–H groups in total. The van der Waals surface area contributed by atoms with Gasteiger partial charge in [-0.3, -0.25) is 9.69 Å². The molecule has 0 radical (unpaired) electrons. The molecule has 3 rings (SSSR count). The van der Waals surface area contributed by atoms with Gasteiger partial charge in [0.15, 0.2) is 16.7 Å². The molecule has 0 spiro atoms. The van der Waals surface area contributed by atoms with E-state index < -0.39 is 0 Å². The third kappa shape index (κ3) is 4.82. The minimum Gasteiger partial charge on any atom is -0.490 e. The van der Waals surface area contributed by atoms with Crippen molar-refractivity contribution in [2.75, 3.05) is 20.3 Å². The van der Waals surface area contributed by atoms with E-state index in [2.05, 4.69) is 10.9 Å². The predicted molar refractivity (Wildman–Crippen MR) is 119 cm³/mol. The number of amides is 1. The number of hydrogen-bond acceptors (Lipinski definition) is 5. The average Bonchev–Trinajstić information content (AvgIpc) is 2.97. The van der Waals surface area contributed by atoms with E-state index in [1.807, 2.05) is 56.3 Å². The highest BCUT2D eigenvalue weighted by Gasteiger charge is 2.30. The van der Waals surface area contributed by atoms with Crippen molar-refractivity contribution in [3.8, 4) is 23.8 Å². The Labute approximate surface area is 175 Å². The van der Waals surface area contributed by atoms with Gasteiger partial charge < -0.3 is 9.47 Å². The fourth-order valence-corrected chi connectivity index (χ4v) is 3.70. The van der Waals surface area contributed by atoms with Crippen molar-refractivity contribution in [3.63, 3.8) is 0 Å². The zero-order valence-electron chi connectivity index (χ0n) is 16.6. The van der Waals surface area contributed by atoms with Crippen molar-refractivity contribution < 1.29 is 14.3 Å². The molecular weight excluding hydrogens is 384 g/mol. The van der Waals surface area contributed by atoms with Crippen LogP contribution < -0.4 is 9.47 Å². The second-order valence-corrected chi connectivity index (χ2v) is 7.30. The minimum absolute atomic E-state index is 0.0899. The van der Waals surface area contributed by atoms with E-state index in [4.69, 9.17) is 15.9 Å². The first-order chi connectivity index (χ1) is 14.0. The maximum Gasteiger partial charge on any atom is 0.266 e. The van der Waals surface area contributed by atoms with Crippen LogP contribution in [0.25, 0.3) is 6.08 Å². The van der Waals surface area contributed by atoms with Gasteiger partial charge in [-0.1, -0.05) is 30.2 Å². The molecule has 0 bridgehead atoms. The van der Waals surface area contributed by atoms with E-state index in [0.717, 1.165) is 16.8 Å². The molecule has 1 amide bonds. The topological polar surface area (TPSA) is 51.1 Å². The fourth-order valence-electron chi connectivity index (χ4n) is 2.72. The molecule has 1 aliphatic heterocycles. The first-order valence-electron chi connectivity index (χ1n) is 9.18. The Morgan fingerprint density at radius 2 is 2.00 bits per heavy atom. The molecule has 5 nitrogen and oxygen atoms in total. The van der Waals surface area contributed by atoms with Crippen LogP contribution in [0.4, 0.5) is 5.69 Å². The minimum atomic E-state index is -0.0899. The van der Waals surface area contributed by atoms with Gasteiger partial charge >= 0.3 is 0 Å². The normalized spacial score (nSPS) is 16.3. The summed E-state index contributed by atoms with van der Waals surface area (Å²) in [4.78, 5) is 19.5. The molecule has 0 atom stereocenters. The highest BCUT2D eigenvalue weighted by molar-refractivity contribution is 8.18. The monoisotopic (exact) mass is 406 g/mol. The largest absolute Gasteiger partial charge is 0.490 e. The standard InChI is InChI=1S/C23H22N2O3S/c1-5-13-28-19-12-11-17(14-20(19)27-6-2)15-21-22(26)25(4)23(29-21)24-18-10-8-7-9-16(18)3/h1,7-12,14-15H,6,13H2,2-4H3/b21-15-,24-23?. The van der Waals surface area contributed by atoms with Crippen LogP contribution in [0.3, 0.4) is 0 Å². The highest BCUT2D eigenvalue weighted by atomic mass is 32.2. The molecule has 29 heavy (non-hydrogen) atoms. The summed E-state index contributed by atoms with van der Waals surface area (Å²) < 4.78 is 11.2. The van der Waals surface area contributed by atoms with Gasteiger partial charge in [0.2, 0.25) is 0 Å². The summed E-state index contributed by atoms with van der Waals surface area (Å²) in [5.41, 5.74) is 2.75. The lowest BCUT2D eigenvalue weighted by atomic mass is 10.2. The number of ether oxygens (including phenoxy) is 2. The summed E-state index contributed by atoms with van der Waals surface area (Å²) in [6, 6.07) is 13.3. The van der Waals surface area contributed by atoms with Crippen molar-refractivity contribution >= 4 is 34.6 Å². The molecule has 1 heterocycles. The van der Waals surface area contributed by atoms with Gasteiger partial charge in [0.1, 0.15) is 6.61 Å². The van der Waals surface area contributed by atoms with Crippen molar-refractivity contribution in [2.24, 2.45) is 4.99 Å². The number of carbonyl (C=O) groups is 1. The first kappa shape index (κ1) is 20.6. The van der Waals surface area contributed by atoms with Crippen LogP contribution in [-0.4, -0.2) is 36.2 Å². The van der Waals surface area contributed by atoms with Crippen molar-refractivity contribution in [1.29, 1.82) is 0 Å². The summed E-state index contributed by atoms with van der Waals surface area (Å²) in [5, 5.41) is 0.648. The number of carbonyl (C=O) groups excluding carboxylic acids is 1. The van der Waals surface area contributed by atoms with Gasteiger partial charge in [0, 0.05) is 7.05 Å². The Hall–Kier alpha value is -3.17. The van der Waals surface area contributed by atoms with Gasteiger partial charge in [-0.25, -0.2) is 4.99 Å². The molecule has 148 valence electrons. The lowest BCUT2D eigenvalue weighted by Crippen LogP contribution is -2.23. The molecular formula is C23H22N2O3S. The molecule has 0 unspecified atom stereocenters. The number of thioether (sulfide) groups is 1. The van der Waals surface area contributed by atoms with E-state index >= 15 is 0 Å². The quantitative estimate of drug-likeness (QED) is 0.518. The van der Waals surface area contributed by atoms with Crippen LogP contribution in [0.5, 0.6) is 11.5 Å². The number of amidine groups is 1. The second-order valence-electron chi connectivity index (χ2n) is 6.29. The number of benzene rings is 2. The van der Waals surface area contributed by atoms with E-state index in [9.17, 15) is 4.79 Å². The number of aliphatic imine (C=N–C) groups is 1. The Bertz CT molecular complexity index is 1020. The molecule has 1 fully saturated rings. The first-order valence-corrected chi connectivity index (χ1v) is 10.00. The number of terminal acetylenes is 1. The van der Waals surface area contributed by atoms with Crippen molar-refractivity contribution in [1.82, 2.24) is 4.90 Å². The molecule has 2 aromatic carbocycles. The molecule has 1 saturated heterocycles. The van der Waals surface area contributed by atoms with E-state index in [1.165, 1.54) is 11.8 Å². The average molecular weight is 407 g/mol. The fraction of sp³-hybridized carbons (Fsp3) is 0.217. The Kier molecular flexibility index (Phi) is 6.63. The predicted octanol–water partition coefficient (Wildman–Crippen LogP) is 4.64. The van der Waals surface area contributed by atoms with Crippen LogP contribution in [0.15, 0.2) is 52.4 Å². The van der Waals surface area contributed by atoms with E-state index in [0.29, 0.717) is 28.2 Å². The van der Waals surface area contributed by atoms with E-state index in [1.54, 1.807) is 18.0 Å². The highest BCUT2D eigenvalue weighted by Crippen LogP contribution is 2.35. The number of hydrogen-bond donors (Lipinski definition) is 0. The third-order valence-corrected chi connectivity index (χ3v) is 5.27. The van der Waals surface area contributed by atoms with Crippen LogP contribution in [0.2, 0.25) is 0 Å². The number of rotatable bonds is 6. The SMILES string of the molecule is C#CCOc1ccc(/C=C2\SC(=Nc3ccccc3C)N(C)C2=O)cc1OCC. The molecule has 0 saturated carbocycles. The number of para-hydroxylation sites is 1. The molecule has 6 heteroatoms. The maximum absolute atomic E-state index is 12.7. The van der Waals surface area contributed by atoms with Crippen LogP contribution >= 0.6 is 11.8 Å². The summed E-state index contributed by atoms with van der Waals surface area (Å²) in [6.07, 6.45) is 7.09. The van der Waals surface area contributed by atoms with Crippen LogP contribution in [-0.2, 0) is 4.79 Å². The third-order valence-electron chi connectivity index (χ3n) is 4.21. The second kappa shape index (κ2) is 9.35. The number of likely N-dealkylation sites (N-methyl/N-ethyl adjacent to an activating group) is 1. The van der Waals surface area contributed by atoms with Crippen LogP contribution in [0.1, 0.15) is 18.1 Å². The molecule has 2 aromatic rings. The Morgan fingerprint density at radius 3 is 2.72 bits per heavy atom. The van der Waals surface area contributed by atoms with Crippen LogP contribution in [0, 0.1) is 19.3 Å². The van der Waals surface area contributed by atoms with Gasteiger partial charge in [-0.2, -0.15) is 0 Å². The lowest BCUT2D eigenvalue weighted by Gasteiger charge is -2.11. The van der Waals surface area contributed by atoms with Crippen molar-refractivity contribution in [3.05, 3.63) is 58.5 Å². The zero-order chi connectivity index (χ0) is 20.8. The Morgan fingerprint density at radius 1 is 1.21 bits per heavy atom. The zero-order valence-corrected chi connectivity index (χ0v) is 17.5. The van der Waals surface area contributed by atoms with Gasteiger partial charge in [-0.05, 0) is 61.0 Å². The maximum atomic E-state index is 12.7. The number of nitrogens with zero attached hydrogens (tertiary/aromatic N) is 2. The van der Waals surface area contributed by atoms with Gasteiger partial charge in [0.25, 0.3) is 5.91 Å². The summed E-state index contributed by atoms with van der Waals surface area (Å²) in [6.45, 7) is 4.56. The van der Waals surface area contributed by atoms with Crippen molar-refractivity contribution in [2.45, 2.75) is 13.8 Å². The number of aryl methyl sites for hydroxylation is 1. The van der Waals surface area contributed by atoms with Gasteiger partial charge in [-0.15, -0.1) is 6.42 Å². The Balaban J connectivity index is 1.88. The van der Waals surface area contributed by atoms with E-state index in [-0.39, 0.29) is 12.5 Å². The van der Waals surface area contributed by atoms with Gasteiger partial charge in [0.05, 0.1) is 17.2 Å². The summed E-state index contributed by atoms with van der Waals surface area (Å²) in [7, 11) is 1.73. The molecule has 0 aromatic heterocycles. The smallest absolute Gasteiger partial charge is 0.266 e. The molecule has 0 aliphatic carbocycles. The summed E-state index contributed by atoms with van der Waals surface area (Å²) in [5.74, 6) is 3.52.